The van der Waals surface area contributed by atoms with Gasteiger partial charge in [0, 0.05) is 5.41 Å². The number of rotatable bonds is 4. The number of ketones is 1. The van der Waals surface area contributed by atoms with Crippen molar-refractivity contribution in [3.8, 4) is 5.69 Å². The lowest BCUT2D eigenvalue weighted by Gasteiger charge is -2.15. The summed E-state index contributed by atoms with van der Waals surface area (Å²) in [6.07, 6.45) is 0. The van der Waals surface area contributed by atoms with Crippen LogP contribution in [0.3, 0.4) is 0 Å². The average molecular weight is 392 g/mol. The Morgan fingerprint density at radius 2 is 1.68 bits per heavy atom. The maximum Gasteiger partial charge on any atom is 0.267 e. The molecule has 0 aliphatic carbocycles. The number of hydrogen-bond donors (Lipinski definition) is 0. The number of benzene rings is 2. The maximum atomic E-state index is 13.2. The Balaban J connectivity index is 1.95. The number of hydrogen-bond acceptors (Lipinski definition) is 5. The first-order valence-electron chi connectivity index (χ1n) is 8.98. The van der Waals surface area contributed by atoms with Crippen molar-refractivity contribution in [2.45, 2.75) is 25.9 Å². The van der Waals surface area contributed by atoms with Crippen molar-refractivity contribution >= 4 is 34.2 Å². The van der Waals surface area contributed by atoms with E-state index in [9.17, 15) is 9.59 Å². The molecular formula is C21H20N4O2S. The lowest BCUT2D eigenvalue weighted by molar-refractivity contribution is -0.123. The van der Waals surface area contributed by atoms with Gasteiger partial charge < -0.3 is 0 Å². The number of aromatic nitrogens is 4. The molecule has 2 aromatic carbocycles. The number of thioether (sulfide) groups is 1. The van der Waals surface area contributed by atoms with Gasteiger partial charge in [0.2, 0.25) is 5.78 Å². The number of para-hydroxylation sites is 2. The van der Waals surface area contributed by atoms with Gasteiger partial charge in [-0.05, 0) is 24.3 Å². The second-order valence-corrected chi connectivity index (χ2v) is 8.52. The number of carbonyl (C=O) groups is 1. The van der Waals surface area contributed by atoms with Gasteiger partial charge in [0.05, 0.1) is 22.3 Å². The van der Waals surface area contributed by atoms with Gasteiger partial charge in [0.1, 0.15) is 5.78 Å². The molecule has 0 aliphatic heterocycles. The summed E-state index contributed by atoms with van der Waals surface area (Å²) in [5.74, 6) is 0.860. The predicted octanol–water partition coefficient (Wildman–Crippen LogP) is 3.74. The van der Waals surface area contributed by atoms with Gasteiger partial charge in [-0.15, -0.1) is 10.2 Å². The third-order valence-corrected chi connectivity index (χ3v) is 5.51. The Morgan fingerprint density at radius 1 is 1.00 bits per heavy atom. The SMILES string of the molecule is CC(C)(C)C(=O)CSc1nnc2n(-c3ccccc3)c(=O)c3ccccc3n12. The van der Waals surface area contributed by atoms with Crippen molar-refractivity contribution < 1.29 is 4.79 Å². The summed E-state index contributed by atoms with van der Waals surface area (Å²) in [6, 6.07) is 16.8. The summed E-state index contributed by atoms with van der Waals surface area (Å²) in [6.45, 7) is 5.71. The third kappa shape index (κ3) is 3.11. The van der Waals surface area contributed by atoms with E-state index in [4.69, 9.17) is 0 Å². The second kappa shape index (κ2) is 6.91. The predicted molar refractivity (Wildman–Crippen MR) is 111 cm³/mol. The first kappa shape index (κ1) is 18.4. The molecule has 4 rings (SSSR count). The molecule has 0 atom stereocenters. The standard InChI is InChI=1S/C21H20N4O2S/c1-21(2,3)17(26)13-28-20-23-22-19-24(14-9-5-4-6-10-14)18(27)15-11-7-8-12-16(15)25(19)20/h4-12H,13H2,1-3H3. The van der Waals surface area contributed by atoms with Crippen molar-refractivity contribution in [1.29, 1.82) is 0 Å². The third-order valence-electron chi connectivity index (χ3n) is 4.58. The van der Waals surface area contributed by atoms with E-state index in [0.29, 0.717) is 22.1 Å². The van der Waals surface area contributed by atoms with Gasteiger partial charge in [-0.25, -0.2) is 4.57 Å². The van der Waals surface area contributed by atoms with Crippen LogP contribution < -0.4 is 5.56 Å². The van der Waals surface area contributed by atoms with E-state index in [0.717, 1.165) is 11.2 Å². The van der Waals surface area contributed by atoms with Crippen LogP contribution in [0, 0.1) is 5.41 Å². The van der Waals surface area contributed by atoms with Crippen LogP contribution >= 0.6 is 11.8 Å². The Labute approximate surface area is 166 Å². The minimum atomic E-state index is -0.415. The summed E-state index contributed by atoms with van der Waals surface area (Å²) in [4.78, 5) is 25.5. The van der Waals surface area contributed by atoms with Crippen LogP contribution in [0.15, 0.2) is 64.5 Å². The van der Waals surface area contributed by atoms with E-state index in [1.807, 2.05) is 73.7 Å². The summed E-state index contributed by atoms with van der Waals surface area (Å²) in [5.41, 5.74) is 0.884. The molecule has 0 radical (unpaired) electrons. The summed E-state index contributed by atoms with van der Waals surface area (Å²) >= 11 is 1.34. The highest BCUT2D eigenvalue weighted by molar-refractivity contribution is 7.99. The molecule has 0 saturated heterocycles. The van der Waals surface area contributed by atoms with Crippen LogP contribution in [0.5, 0.6) is 0 Å². The number of nitrogens with zero attached hydrogens (tertiary/aromatic N) is 4. The molecule has 142 valence electrons. The highest BCUT2D eigenvalue weighted by Crippen LogP contribution is 2.25. The molecular weight excluding hydrogens is 372 g/mol. The van der Waals surface area contributed by atoms with Gasteiger partial charge in [0.15, 0.2) is 5.16 Å². The van der Waals surface area contributed by atoms with Crippen LogP contribution in [0.1, 0.15) is 20.8 Å². The minimum Gasteiger partial charge on any atom is -0.298 e. The molecule has 2 aromatic heterocycles. The molecule has 0 spiro atoms. The molecule has 0 unspecified atom stereocenters. The highest BCUT2D eigenvalue weighted by Gasteiger charge is 2.23. The Morgan fingerprint density at radius 3 is 2.39 bits per heavy atom. The van der Waals surface area contributed by atoms with Crippen LogP contribution in [0.2, 0.25) is 0 Å². The molecule has 0 bridgehead atoms. The highest BCUT2D eigenvalue weighted by atomic mass is 32.2. The first-order chi connectivity index (χ1) is 13.4. The van der Waals surface area contributed by atoms with E-state index < -0.39 is 5.41 Å². The molecule has 0 N–H and O–H groups in total. The zero-order valence-electron chi connectivity index (χ0n) is 15.9. The molecule has 6 nitrogen and oxygen atoms in total. The Hall–Kier alpha value is -2.93. The van der Waals surface area contributed by atoms with Crippen molar-refractivity contribution in [3.05, 3.63) is 65.0 Å². The first-order valence-corrected chi connectivity index (χ1v) is 9.97. The molecule has 0 amide bonds. The lowest BCUT2D eigenvalue weighted by Crippen LogP contribution is -2.23. The van der Waals surface area contributed by atoms with Gasteiger partial charge in [0.25, 0.3) is 5.56 Å². The smallest absolute Gasteiger partial charge is 0.267 e. The topological polar surface area (TPSA) is 69.3 Å². The van der Waals surface area contributed by atoms with E-state index >= 15 is 0 Å². The van der Waals surface area contributed by atoms with Crippen LogP contribution in [0.25, 0.3) is 22.4 Å². The molecule has 0 fully saturated rings. The van der Waals surface area contributed by atoms with Crippen LogP contribution in [-0.2, 0) is 4.79 Å². The summed E-state index contributed by atoms with van der Waals surface area (Å²) in [7, 11) is 0. The van der Waals surface area contributed by atoms with Gasteiger partial charge >= 0.3 is 0 Å². The molecule has 28 heavy (non-hydrogen) atoms. The summed E-state index contributed by atoms with van der Waals surface area (Å²) < 4.78 is 3.41. The van der Waals surface area contributed by atoms with Crippen LogP contribution in [0.4, 0.5) is 0 Å². The monoisotopic (exact) mass is 392 g/mol. The largest absolute Gasteiger partial charge is 0.298 e. The number of carbonyl (C=O) groups excluding carboxylic acids is 1. The zero-order valence-corrected chi connectivity index (χ0v) is 16.7. The van der Waals surface area contributed by atoms with Crippen molar-refractivity contribution in [3.63, 3.8) is 0 Å². The Kier molecular flexibility index (Phi) is 4.55. The number of fused-ring (bicyclic) bond motifs is 3. The fraction of sp³-hybridized carbons (Fsp3) is 0.238. The minimum absolute atomic E-state index is 0.134. The molecule has 2 heterocycles. The molecule has 0 saturated carbocycles. The fourth-order valence-corrected chi connectivity index (χ4v) is 4.03. The molecule has 4 aromatic rings. The van der Waals surface area contributed by atoms with Crippen molar-refractivity contribution in [2.75, 3.05) is 5.75 Å². The Bertz CT molecular complexity index is 1240. The average Bonchev–Trinajstić information content (AvgIpc) is 3.10. The van der Waals surface area contributed by atoms with E-state index in [1.54, 1.807) is 10.6 Å². The molecule has 7 heteroatoms. The van der Waals surface area contributed by atoms with E-state index in [1.165, 1.54) is 11.8 Å². The quantitative estimate of drug-likeness (QED) is 0.495. The van der Waals surface area contributed by atoms with Gasteiger partial charge in [-0.3, -0.25) is 14.0 Å². The van der Waals surface area contributed by atoms with Gasteiger partial charge in [-0.1, -0.05) is 62.9 Å². The fourth-order valence-electron chi connectivity index (χ4n) is 2.93. The maximum absolute atomic E-state index is 13.2. The van der Waals surface area contributed by atoms with Crippen molar-refractivity contribution in [1.82, 2.24) is 19.2 Å². The van der Waals surface area contributed by atoms with Crippen LogP contribution in [-0.4, -0.2) is 30.7 Å². The van der Waals surface area contributed by atoms with Gasteiger partial charge in [-0.2, -0.15) is 0 Å². The normalized spacial score (nSPS) is 12.0. The number of Topliss-reactive ketones (excluding diaryl/α,β-unsaturated/α-hetero) is 1. The second-order valence-electron chi connectivity index (χ2n) is 7.57. The zero-order chi connectivity index (χ0) is 19.9. The van der Waals surface area contributed by atoms with E-state index in [-0.39, 0.29) is 11.3 Å². The van der Waals surface area contributed by atoms with E-state index in [2.05, 4.69) is 10.2 Å². The lowest BCUT2D eigenvalue weighted by atomic mass is 9.92. The summed E-state index contributed by atoms with van der Waals surface area (Å²) in [5, 5.41) is 9.74. The molecule has 0 aliphatic rings. The van der Waals surface area contributed by atoms with Crippen molar-refractivity contribution in [2.24, 2.45) is 5.41 Å².